The van der Waals surface area contributed by atoms with Crippen molar-refractivity contribution in [2.75, 3.05) is 31.3 Å². The van der Waals surface area contributed by atoms with Gasteiger partial charge in [0.1, 0.15) is 6.54 Å². The number of nitrogens with one attached hydrogen (secondary N) is 1. The van der Waals surface area contributed by atoms with Crippen LogP contribution in [0.5, 0.6) is 0 Å². The number of nitrogens with two attached hydrogens (primary N) is 1. The van der Waals surface area contributed by atoms with Crippen molar-refractivity contribution in [3.8, 4) is 0 Å². The molecule has 1 amide bonds. The molecule has 4 saturated carbocycles. The third-order valence-electron chi connectivity index (χ3n) is 6.36. The molecular weight excluding hydrogens is 360 g/mol. The molecule has 1 heterocycles. The molecule has 3 N–H and O–H groups in total. The van der Waals surface area contributed by atoms with Crippen LogP contribution < -0.4 is 16.0 Å². The largest absolute Gasteiger partial charge is 0.456 e. The van der Waals surface area contributed by atoms with Crippen molar-refractivity contribution in [3.63, 3.8) is 0 Å². The maximum Gasteiger partial charge on any atom is 0.325 e. The lowest BCUT2D eigenvalue weighted by Gasteiger charge is -2.55. The number of nitrogens with zero attached hydrogens (tertiary/aromatic N) is 4. The van der Waals surface area contributed by atoms with Gasteiger partial charge in [0.25, 0.3) is 0 Å². The minimum Gasteiger partial charge on any atom is -0.456 e. The van der Waals surface area contributed by atoms with Gasteiger partial charge in [0.15, 0.2) is 12.4 Å². The van der Waals surface area contributed by atoms with Gasteiger partial charge in [-0.1, -0.05) is 0 Å². The molecular formula is C19H28N6O3. The van der Waals surface area contributed by atoms with Gasteiger partial charge >= 0.3 is 5.97 Å². The smallest absolute Gasteiger partial charge is 0.325 e. The van der Waals surface area contributed by atoms with Crippen molar-refractivity contribution in [2.45, 2.75) is 45.1 Å². The first-order valence-corrected chi connectivity index (χ1v) is 9.94. The Morgan fingerprint density at radius 3 is 2.29 bits per heavy atom. The van der Waals surface area contributed by atoms with Crippen LogP contribution in [0.4, 0.5) is 11.9 Å². The second kappa shape index (κ2) is 7.18. The molecule has 1 aromatic heterocycles. The van der Waals surface area contributed by atoms with E-state index in [2.05, 4.69) is 20.3 Å². The van der Waals surface area contributed by atoms with E-state index in [4.69, 9.17) is 10.5 Å². The zero-order valence-electron chi connectivity index (χ0n) is 16.5. The van der Waals surface area contributed by atoms with E-state index >= 15 is 0 Å². The molecule has 0 aromatic carbocycles. The summed E-state index contributed by atoms with van der Waals surface area (Å²) in [5.74, 6) is 2.30. The molecule has 4 aliphatic rings. The Balaban J connectivity index is 1.29. The summed E-state index contributed by atoms with van der Waals surface area (Å²) in [5.41, 5.74) is 5.39. The van der Waals surface area contributed by atoms with Gasteiger partial charge in [-0.3, -0.25) is 9.59 Å². The van der Waals surface area contributed by atoms with Crippen LogP contribution >= 0.6 is 0 Å². The predicted molar refractivity (Wildman–Crippen MR) is 102 cm³/mol. The Hall–Kier alpha value is -2.45. The van der Waals surface area contributed by atoms with E-state index in [1.54, 1.807) is 19.0 Å². The van der Waals surface area contributed by atoms with E-state index in [0.717, 1.165) is 19.3 Å². The fourth-order valence-corrected chi connectivity index (χ4v) is 5.61. The number of esters is 1. The molecule has 9 heteroatoms. The molecule has 0 unspecified atom stereocenters. The van der Waals surface area contributed by atoms with E-state index in [1.165, 1.54) is 19.3 Å². The second-order valence-electron chi connectivity index (χ2n) is 8.85. The van der Waals surface area contributed by atoms with E-state index in [-0.39, 0.29) is 36.2 Å². The van der Waals surface area contributed by atoms with Crippen molar-refractivity contribution in [2.24, 2.45) is 23.2 Å². The van der Waals surface area contributed by atoms with Crippen molar-refractivity contribution in [1.82, 2.24) is 20.3 Å². The monoisotopic (exact) mass is 388 g/mol. The van der Waals surface area contributed by atoms with Crippen LogP contribution in [0.3, 0.4) is 0 Å². The average molecular weight is 388 g/mol. The Labute approximate surface area is 164 Å². The first-order chi connectivity index (χ1) is 13.3. The van der Waals surface area contributed by atoms with Gasteiger partial charge in [-0.15, -0.1) is 0 Å². The lowest BCUT2D eigenvalue weighted by Crippen LogP contribution is -2.54. The number of hydrogen-bond acceptors (Lipinski definition) is 8. The fraction of sp³-hybridized carbons (Fsp3) is 0.737. The highest BCUT2D eigenvalue weighted by molar-refractivity contribution is 5.86. The Morgan fingerprint density at radius 2 is 1.71 bits per heavy atom. The van der Waals surface area contributed by atoms with Crippen molar-refractivity contribution in [3.05, 3.63) is 5.82 Å². The standard InChI is InChI=1S/C19H28N6O3/c1-25(2)18-23-14(22-17(20)24-18)10-28-15(26)9-21-16(27)19-6-11-3-12(7-19)5-13(4-11)8-19/h11-13H,3-10H2,1-2H3,(H,21,27)(H2,20,22,23,24). The van der Waals surface area contributed by atoms with Crippen molar-refractivity contribution >= 4 is 23.8 Å². The molecule has 0 aliphatic heterocycles. The zero-order valence-corrected chi connectivity index (χ0v) is 16.5. The van der Waals surface area contributed by atoms with E-state index < -0.39 is 5.97 Å². The number of amides is 1. The van der Waals surface area contributed by atoms with Crippen LogP contribution in [0.2, 0.25) is 0 Å². The predicted octanol–water partition coefficient (Wildman–Crippen LogP) is 0.896. The zero-order chi connectivity index (χ0) is 19.9. The number of aromatic nitrogens is 3. The highest BCUT2D eigenvalue weighted by atomic mass is 16.5. The minimum absolute atomic E-state index is 0.0165. The van der Waals surface area contributed by atoms with E-state index in [9.17, 15) is 9.59 Å². The van der Waals surface area contributed by atoms with E-state index in [1.807, 2.05) is 0 Å². The Kier molecular flexibility index (Phi) is 4.84. The average Bonchev–Trinajstić information content (AvgIpc) is 2.62. The number of rotatable bonds is 6. The first kappa shape index (κ1) is 18.9. The maximum absolute atomic E-state index is 12.9. The lowest BCUT2D eigenvalue weighted by atomic mass is 9.49. The molecule has 1 aromatic rings. The highest BCUT2D eigenvalue weighted by Gasteiger charge is 2.54. The molecule has 4 bridgehead atoms. The van der Waals surface area contributed by atoms with Crippen LogP contribution in [0, 0.1) is 23.2 Å². The van der Waals surface area contributed by atoms with Gasteiger partial charge < -0.3 is 20.7 Å². The summed E-state index contributed by atoms with van der Waals surface area (Å²) in [6.45, 7) is -0.249. The summed E-state index contributed by atoms with van der Waals surface area (Å²) >= 11 is 0. The Bertz CT molecular complexity index is 746. The molecule has 4 aliphatic carbocycles. The van der Waals surface area contributed by atoms with Gasteiger partial charge in [0.05, 0.1) is 0 Å². The first-order valence-electron chi connectivity index (χ1n) is 9.94. The quantitative estimate of drug-likeness (QED) is 0.689. The summed E-state index contributed by atoms with van der Waals surface area (Å²) in [7, 11) is 3.56. The van der Waals surface area contributed by atoms with Crippen molar-refractivity contribution in [1.29, 1.82) is 0 Å². The summed E-state index contributed by atoms with van der Waals surface area (Å²) in [6, 6.07) is 0. The summed E-state index contributed by atoms with van der Waals surface area (Å²) < 4.78 is 5.21. The number of nitrogen functional groups attached to an aromatic ring is 1. The number of ether oxygens (including phenoxy) is 1. The molecule has 28 heavy (non-hydrogen) atoms. The normalized spacial score (nSPS) is 30.1. The molecule has 0 spiro atoms. The second-order valence-corrected chi connectivity index (χ2v) is 8.85. The Morgan fingerprint density at radius 1 is 1.11 bits per heavy atom. The van der Waals surface area contributed by atoms with Gasteiger partial charge in [-0.25, -0.2) is 0 Å². The molecule has 0 radical (unpaired) electrons. The SMILES string of the molecule is CN(C)c1nc(N)nc(COC(=O)CNC(=O)C23CC4CC(CC(C4)C2)C3)n1. The third-order valence-corrected chi connectivity index (χ3v) is 6.36. The summed E-state index contributed by atoms with van der Waals surface area (Å²) in [5, 5.41) is 2.82. The lowest BCUT2D eigenvalue weighted by molar-refractivity contribution is -0.151. The van der Waals surface area contributed by atoms with Gasteiger partial charge in [-0.05, 0) is 56.3 Å². The van der Waals surface area contributed by atoms with Crippen LogP contribution in [-0.4, -0.2) is 47.5 Å². The molecule has 4 fully saturated rings. The van der Waals surface area contributed by atoms with Gasteiger partial charge in [-0.2, -0.15) is 15.0 Å². The highest BCUT2D eigenvalue weighted by Crippen LogP contribution is 2.60. The van der Waals surface area contributed by atoms with Crippen LogP contribution in [0.25, 0.3) is 0 Å². The van der Waals surface area contributed by atoms with Crippen LogP contribution in [0.15, 0.2) is 0 Å². The molecule has 0 atom stereocenters. The number of carbonyl (C=O) groups is 2. The topological polar surface area (TPSA) is 123 Å². The van der Waals surface area contributed by atoms with Gasteiger partial charge in [0.2, 0.25) is 17.8 Å². The van der Waals surface area contributed by atoms with E-state index in [0.29, 0.717) is 23.7 Å². The van der Waals surface area contributed by atoms with Crippen LogP contribution in [-0.2, 0) is 20.9 Å². The molecule has 9 nitrogen and oxygen atoms in total. The third kappa shape index (κ3) is 3.74. The molecule has 0 saturated heterocycles. The number of anilines is 2. The number of carbonyl (C=O) groups excluding carboxylic acids is 2. The maximum atomic E-state index is 12.9. The van der Waals surface area contributed by atoms with Crippen molar-refractivity contribution < 1.29 is 14.3 Å². The molecule has 5 rings (SSSR count). The van der Waals surface area contributed by atoms with Crippen LogP contribution in [0.1, 0.15) is 44.3 Å². The molecule has 152 valence electrons. The van der Waals surface area contributed by atoms with Gasteiger partial charge in [0, 0.05) is 19.5 Å². The summed E-state index contributed by atoms with van der Waals surface area (Å²) in [4.78, 5) is 38.8. The minimum atomic E-state index is -0.511. The fourth-order valence-electron chi connectivity index (χ4n) is 5.61. The number of hydrogen-bond donors (Lipinski definition) is 2. The summed E-state index contributed by atoms with van der Waals surface area (Å²) in [6.07, 6.45) is 6.74.